The first kappa shape index (κ1) is 18.4. The molecule has 1 aromatic rings. The Morgan fingerprint density at radius 3 is 2.74 bits per heavy atom. The van der Waals surface area contributed by atoms with Crippen LogP contribution in [0.5, 0.6) is 11.5 Å². The number of amides is 1. The van der Waals surface area contributed by atoms with E-state index in [1.54, 1.807) is 19.1 Å². The number of carbonyl (C=O) groups is 1. The predicted molar refractivity (Wildman–Crippen MR) is 89.2 cm³/mol. The molecule has 0 atom stereocenters. The average Bonchev–Trinajstić information content (AvgIpc) is 2.52. The molecule has 1 aromatic carbocycles. The second-order valence-corrected chi connectivity index (χ2v) is 4.69. The van der Waals surface area contributed by atoms with E-state index in [2.05, 4.69) is 11.2 Å². The van der Waals surface area contributed by atoms with E-state index in [0.717, 1.165) is 0 Å². The zero-order valence-corrected chi connectivity index (χ0v) is 13.7. The largest absolute Gasteiger partial charge is 0.490 e. The lowest BCUT2D eigenvalue weighted by Gasteiger charge is -2.13. The number of rotatable bonds is 7. The number of likely N-dealkylation sites (N-methyl/N-ethyl adjacent to an activating group) is 1. The number of ether oxygens (including phenoxy) is 2. The van der Waals surface area contributed by atoms with Crippen molar-refractivity contribution in [3.63, 3.8) is 0 Å². The highest BCUT2D eigenvalue weighted by molar-refractivity contribution is 6.32. The Labute approximate surface area is 140 Å². The fourth-order valence-electron chi connectivity index (χ4n) is 1.76. The van der Waals surface area contributed by atoms with Crippen LogP contribution >= 0.6 is 11.6 Å². The van der Waals surface area contributed by atoms with Crippen LogP contribution < -0.4 is 14.8 Å². The Morgan fingerprint density at radius 1 is 1.43 bits per heavy atom. The first-order valence-electron chi connectivity index (χ1n) is 6.99. The van der Waals surface area contributed by atoms with Gasteiger partial charge in [0, 0.05) is 6.54 Å². The fraction of sp³-hybridized carbons (Fsp3) is 0.294. The van der Waals surface area contributed by atoms with Gasteiger partial charge in [-0.3, -0.25) is 4.79 Å². The highest BCUT2D eigenvalue weighted by atomic mass is 35.5. The SMILES string of the molecule is C#CCOc1c(Cl)cc(/C=C(\C#N)C(=O)NCC)cc1OCC. The summed E-state index contributed by atoms with van der Waals surface area (Å²) in [5.41, 5.74) is 0.525. The maximum atomic E-state index is 11.8. The molecule has 0 heterocycles. The van der Waals surface area contributed by atoms with Crippen molar-refractivity contribution in [3.05, 3.63) is 28.3 Å². The van der Waals surface area contributed by atoms with Gasteiger partial charge in [-0.2, -0.15) is 5.26 Å². The smallest absolute Gasteiger partial charge is 0.261 e. The lowest BCUT2D eigenvalue weighted by Crippen LogP contribution is -2.23. The minimum atomic E-state index is -0.447. The van der Waals surface area contributed by atoms with Crippen LogP contribution in [-0.4, -0.2) is 25.7 Å². The highest BCUT2D eigenvalue weighted by Crippen LogP contribution is 2.37. The molecular weight excluding hydrogens is 316 g/mol. The molecule has 120 valence electrons. The lowest BCUT2D eigenvalue weighted by atomic mass is 10.1. The highest BCUT2D eigenvalue weighted by Gasteiger charge is 2.14. The van der Waals surface area contributed by atoms with Crippen LogP contribution in [0.2, 0.25) is 5.02 Å². The molecule has 1 rings (SSSR count). The quantitative estimate of drug-likeness (QED) is 0.473. The summed E-state index contributed by atoms with van der Waals surface area (Å²) < 4.78 is 10.9. The number of benzene rings is 1. The van der Waals surface area contributed by atoms with Gasteiger partial charge >= 0.3 is 0 Å². The molecule has 0 bridgehead atoms. The number of nitrogens with zero attached hydrogens (tertiary/aromatic N) is 1. The van der Waals surface area contributed by atoms with Gasteiger partial charge in [-0.1, -0.05) is 17.5 Å². The second kappa shape index (κ2) is 9.40. The van der Waals surface area contributed by atoms with Crippen molar-refractivity contribution < 1.29 is 14.3 Å². The van der Waals surface area contributed by atoms with Crippen molar-refractivity contribution >= 4 is 23.6 Å². The van der Waals surface area contributed by atoms with E-state index in [1.807, 2.05) is 13.0 Å². The summed E-state index contributed by atoms with van der Waals surface area (Å²) in [7, 11) is 0. The standard InChI is InChI=1S/C17H17ClN2O3/c1-4-7-23-16-14(18)9-12(10-15(16)22-6-3)8-13(11-19)17(21)20-5-2/h1,8-10H,5-7H2,2-3H3,(H,20,21)/b13-8+. The monoisotopic (exact) mass is 332 g/mol. The molecule has 5 nitrogen and oxygen atoms in total. The van der Waals surface area contributed by atoms with Crippen molar-refractivity contribution in [1.29, 1.82) is 5.26 Å². The Bertz CT molecular complexity index is 684. The molecular formula is C17H17ClN2O3. The number of carbonyl (C=O) groups excluding carboxylic acids is 1. The number of terminal acetylenes is 1. The molecule has 0 aromatic heterocycles. The molecule has 0 aliphatic heterocycles. The Balaban J connectivity index is 3.25. The zero-order valence-electron chi connectivity index (χ0n) is 13.0. The van der Waals surface area contributed by atoms with Crippen molar-refractivity contribution in [2.75, 3.05) is 19.8 Å². The molecule has 1 N–H and O–H groups in total. The molecule has 0 aliphatic rings. The van der Waals surface area contributed by atoms with Gasteiger partial charge in [-0.15, -0.1) is 6.42 Å². The van der Waals surface area contributed by atoms with Gasteiger partial charge < -0.3 is 14.8 Å². The molecule has 0 fully saturated rings. The summed E-state index contributed by atoms with van der Waals surface area (Å²) >= 11 is 6.19. The molecule has 23 heavy (non-hydrogen) atoms. The Kier molecular flexibility index (Phi) is 7.53. The van der Waals surface area contributed by atoms with E-state index in [4.69, 9.17) is 32.8 Å². The number of nitrogens with one attached hydrogen (secondary N) is 1. The lowest BCUT2D eigenvalue weighted by molar-refractivity contribution is -0.116. The Morgan fingerprint density at radius 2 is 2.17 bits per heavy atom. The van der Waals surface area contributed by atoms with Crippen LogP contribution in [0.3, 0.4) is 0 Å². The van der Waals surface area contributed by atoms with Gasteiger partial charge in [0.1, 0.15) is 18.2 Å². The van der Waals surface area contributed by atoms with Crippen LogP contribution in [0.4, 0.5) is 0 Å². The summed E-state index contributed by atoms with van der Waals surface area (Å²) in [4.78, 5) is 11.8. The molecule has 0 saturated heterocycles. The van der Waals surface area contributed by atoms with Gasteiger partial charge in [0.25, 0.3) is 5.91 Å². The van der Waals surface area contributed by atoms with Crippen molar-refractivity contribution in [2.45, 2.75) is 13.8 Å². The predicted octanol–water partition coefficient (Wildman–Crippen LogP) is 2.79. The van der Waals surface area contributed by atoms with E-state index in [9.17, 15) is 4.79 Å². The van der Waals surface area contributed by atoms with Gasteiger partial charge in [0.2, 0.25) is 0 Å². The minimum absolute atomic E-state index is 0.0253. The normalized spacial score (nSPS) is 10.4. The van der Waals surface area contributed by atoms with Crippen molar-refractivity contribution in [2.24, 2.45) is 0 Å². The average molecular weight is 333 g/mol. The maximum Gasteiger partial charge on any atom is 0.261 e. The molecule has 0 saturated carbocycles. The van der Waals surface area contributed by atoms with Crippen LogP contribution in [0, 0.1) is 23.7 Å². The van der Waals surface area contributed by atoms with Crippen molar-refractivity contribution in [1.82, 2.24) is 5.32 Å². The molecule has 0 aliphatic carbocycles. The van der Waals surface area contributed by atoms with E-state index < -0.39 is 5.91 Å². The van der Waals surface area contributed by atoms with Gasteiger partial charge in [-0.25, -0.2) is 0 Å². The molecule has 0 unspecified atom stereocenters. The van der Waals surface area contributed by atoms with Crippen molar-refractivity contribution in [3.8, 4) is 29.9 Å². The molecule has 6 heteroatoms. The summed E-state index contributed by atoms with van der Waals surface area (Å²) in [6.45, 7) is 4.47. The number of nitriles is 1. The number of hydrogen-bond acceptors (Lipinski definition) is 4. The Hall–Kier alpha value is -2.63. The molecule has 0 spiro atoms. The van der Waals surface area contributed by atoms with E-state index in [-0.39, 0.29) is 17.2 Å². The first-order valence-corrected chi connectivity index (χ1v) is 7.37. The number of hydrogen-bond donors (Lipinski definition) is 1. The van der Waals surface area contributed by atoms with Crippen LogP contribution in [0.25, 0.3) is 6.08 Å². The third kappa shape index (κ3) is 5.25. The third-order valence-electron chi connectivity index (χ3n) is 2.64. The van der Waals surface area contributed by atoms with Gasteiger partial charge in [0.05, 0.1) is 11.6 Å². The van der Waals surface area contributed by atoms with Crippen LogP contribution in [0.1, 0.15) is 19.4 Å². The second-order valence-electron chi connectivity index (χ2n) is 4.29. The topological polar surface area (TPSA) is 71.3 Å². The first-order chi connectivity index (χ1) is 11.1. The third-order valence-corrected chi connectivity index (χ3v) is 2.93. The zero-order chi connectivity index (χ0) is 17.2. The van der Waals surface area contributed by atoms with Crippen LogP contribution in [0.15, 0.2) is 17.7 Å². The molecule has 0 radical (unpaired) electrons. The summed E-state index contributed by atoms with van der Waals surface area (Å²) in [6.07, 6.45) is 6.61. The van der Waals surface area contributed by atoms with Gasteiger partial charge in [-0.05, 0) is 37.6 Å². The summed E-state index contributed by atoms with van der Waals surface area (Å²) in [6, 6.07) is 5.07. The number of halogens is 1. The summed E-state index contributed by atoms with van der Waals surface area (Å²) in [5, 5.41) is 12.0. The van der Waals surface area contributed by atoms with Crippen LogP contribution in [-0.2, 0) is 4.79 Å². The maximum absolute atomic E-state index is 11.8. The van der Waals surface area contributed by atoms with E-state index >= 15 is 0 Å². The van der Waals surface area contributed by atoms with E-state index in [0.29, 0.717) is 30.2 Å². The fourth-order valence-corrected chi connectivity index (χ4v) is 2.03. The van der Waals surface area contributed by atoms with Gasteiger partial charge in [0.15, 0.2) is 11.5 Å². The minimum Gasteiger partial charge on any atom is -0.490 e. The summed E-state index contributed by atoms with van der Waals surface area (Å²) in [5.74, 6) is 2.64. The van der Waals surface area contributed by atoms with E-state index in [1.165, 1.54) is 6.08 Å². The molecule has 1 amide bonds.